The SMILES string of the molecule is COc1ccc(NC(=O)/C=C/c2ccc3c(c2)Sc2ccccc2N3c2ccc(N3c4ccccc4Sc4ccccc43)cc2)cc1OC. The molecule has 8 rings (SSSR count). The van der Waals surface area contributed by atoms with Crippen molar-refractivity contribution in [3.05, 3.63) is 145 Å². The number of hydrogen-bond donors (Lipinski definition) is 1. The van der Waals surface area contributed by atoms with Gasteiger partial charge in [0.1, 0.15) is 0 Å². The van der Waals surface area contributed by atoms with Crippen LogP contribution >= 0.6 is 23.5 Å². The van der Waals surface area contributed by atoms with Crippen molar-refractivity contribution in [2.45, 2.75) is 19.6 Å². The number of benzene rings is 6. The van der Waals surface area contributed by atoms with Gasteiger partial charge in [-0.3, -0.25) is 4.79 Å². The van der Waals surface area contributed by atoms with Gasteiger partial charge < -0.3 is 24.6 Å². The minimum Gasteiger partial charge on any atom is -0.493 e. The lowest BCUT2D eigenvalue weighted by atomic mass is 10.1. The molecule has 0 unspecified atom stereocenters. The number of anilines is 7. The van der Waals surface area contributed by atoms with Crippen LogP contribution in [-0.4, -0.2) is 20.1 Å². The third kappa shape index (κ3) is 5.90. The van der Waals surface area contributed by atoms with Gasteiger partial charge in [-0.15, -0.1) is 0 Å². The fourth-order valence-electron chi connectivity index (χ4n) is 6.16. The number of fused-ring (bicyclic) bond motifs is 4. The van der Waals surface area contributed by atoms with E-state index in [1.165, 1.54) is 26.1 Å². The van der Waals surface area contributed by atoms with Crippen LogP contribution in [0.3, 0.4) is 0 Å². The van der Waals surface area contributed by atoms with E-state index in [0.717, 1.165) is 33.2 Å². The molecule has 0 saturated carbocycles. The minimum absolute atomic E-state index is 0.234. The lowest BCUT2D eigenvalue weighted by molar-refractivity contribution is -0.111. The quantitative estimate of drug-likeness (QED) is 0.169. The Labute approximate surface area is 294 Å². The lowest BCUT2D eigenvalue weighted by Gasteiger charge is -2.35. The van der Waals surface area contributed by atoms with Crippen LogP contribution in [0.15, 0.2) is 159 Å². The monoisotopic (exact) mass is 677 g/mol. The number of hydrogen-bond acceptors (Lipinski definition) is 7. The molecule has 6 aromatic carbocycles. The van der Waals surface area contributed by atoms with Crippen molar-refractivity contribution in [2.75, 3.05) is 29.3 Å². The third-order valence-corrected chi connectivity index (χ3v) is 10.7. The molecule has 8 heteroatoms. The van der Waals surface area contributed by atoms with Gasteiger partial charge in [-0.2, -0.15) is 0 Å². The first-order valence-electron chi connectivity index (χ1n) is 15.8. The molecule has 6 aromatic rings. The molecule has 2 aliphatic rings. The van der Waals surface area contributed by atoms with Gasteiger partial charge in [0.25, 0.3) is 0 Å². The molecule has 6 nitrogen and oxygen atoms in total. The van der Waals surface area contributed by atoms with Crippen LogP contribution in [0, 0.1) is 0 Å². The molecular weight excluding hydrogens is 647 g/mol. The van der Waals surface area contributed by atoms with Crippen LogP contribution in [0.1, 0.15) is 5.56 Å². The van der Waals surface area contributed by atoms with E-state index in [-0.39, 0.29) is 5.91 Å². The first kappa shape index (κ1) is 30.7. The second kappa shape index (κ2) is 13.1. The molecule has 0 aromatic heterocycles. The first-order valence-corrected chi connectivity index (χ1v) is 17.4. The summed E-state index contributed by atoms with van der Waals surface area (Å²) >= 11 is 3.55. The summed E-state index contributed by atoms with van der Waals surface area (Å²) in [6.45, 7) is 0. The number of carbonyl (C=O) groups is 1. The van der Waals surface area contributed by atoms with E-state index in [4.69, 9.17) is 9.47 Å². The Hall–Kier alpha value is -5.57. The zero-order valence-corrected chi connectivity index (χ0v) is 28.4. The largest absolute Gasteiger partial charge is 0.493 e. The molecule has 240 valence electrons. The maximum atomic E-state index is 12.8. The van der Waals surface area contributed by atoms with E-state index in [9.17, 15) is 4.79 Å². The molecule has 2 aliphatic heterocycles. The summed E-state index contributed by atoms with van der Waals surface area (Å²) in [5.74, 6) is 0.922. The van der Waals surface area contributed by atoms with Crippen LogP contribution in [-0.2, 0) is 4.79 Å². The normalized spacial score (nSPS) is 12.9. The number of nitrogens with one attached hydrogen (secondary N) is 1. The molecule has 1 amide bonds. The minimum atomic E-state index is -0.234. The Bertz CT molecular complexity index is 2190. The summed E-state index contributed by atoms with van der Waals surface area (Å²) in [6, 6.07) is 46.0. The summed E-state index contributed by atoms with van der Waals surface area (Å²) in [4.78, 5) is 22.2. The molecule has 0 saturated heterocycles. The highest BCUT2D eigenvalue weighted by Crippen LogP contribution is 2.53. The summed E-state index contributed by atoms with van der Waals surface area (Å²) < 4.78 is 10.7. The van der Waals surface area contributed by atoms with Gasteiger partial charge >= 0.3 is 0 Å². The summed E-state index contributed by atoms with van der Waals surface area (Å²) in [6.07, 6.45) is 3.38. The Morgan fingerprint density at radius 3 is 1.63 bits per heavy atom. The molecule has 0 fully saturated rings. The number of methoxy groups -OCH3 is 2. The van der Waals surface area contributed by atoms with Crippen LogP contribution in [0.5, 0.6) is 11.5 Å². The number of para-hydroxylation sites is 3. The maximum Gasteiger partial charge on any atom is 0.248 e. The Morgan fingerprint density at radius 1 is 0.571 bits per heavy atom. The number of nitrogens with zero attached hydrogens (tertiary/aromatic N) is 2. The molecule has 0 spiro atoms. The average Bonchev–Trinajstić information content (AvgIpc) is 3.15. The summed E-state index contributed by atoms with van der Waals surface area (Å²) in [5.41, 5.74) is 8.33. The fourth-order valence-corrected chi connectivity index (χ4v) is 8.32. The molecular formula is C41H31N3O3S2. The van der Waals surface area contributed by atoms with Crippen molar-refractivity contribution in [1.29, 1.82) is 0 Å². The van der Waals surface area contributed by atoms with Gasteiger partial charge in [0.15, 0.2) is 11.5 Å². The lowest BCUT2D eigenvalue weighted by Crippen LogP contribution is -2.16. The molecule has 49 heavy (non-hydrogen) atoms. The molecule has 1 N–H and O–H groups in total. The number of carbonyl (C=O) groups excluding carboxylic acids is 1. The van der Waals surface area contributed by atoms with Crippen LogP contribution in [0.25, 0.3) is 6.08 Å². The van der Waals surface area contributed by atoms with Gasteiger partial charge in [-0.05, 0) is 96.6 Å². The van der Waals surface area contributed by atoms with Crippen LogP contribution in [0.4, 0.5) is 39.8 Å². The van der Waals surface area contributed by atoms with Crippen molar-refractivity contribution in [3.8, 4) is 11.5 Å². The zero-order chi connectivity index (χ0) is 33.3. The van der Waals surface area contributed by atoms with E-state index >= 15 is 0 Å². The van der Waals surface area contributed by atoms with E-state index in [1.54, 1.807) is 50.3 Å². The number of ether oxygens (including phenoxy) is 2. The van der Waals surface area contributed by atoms with Crippen molar-refractivity contribution >= 4 is 75.3 Å². The van der Waals surface area contributed by atoms with Crippen LogP contribution in [0.2, 0.25) is 0 Å². The van der Waals surface area contributed by atoms with Gasteiger partial charge in [0.2, 0.25) is 5.91 Å². The van der Waals surface area contributed by atoms with E-state index < -0.39 is 0 Å². The highest BCUT2D eigenvalue weighted by atomic mass is 32.2. The van der Waals surface area contributed by atoms with Crippen molar-refractivity contribution in [1.82, 2.24) is 0 Å². The fraction of sp³-hybridized carbons (Fsp3) is 0.0488. The predicted octanol–water partition coefficient (Wildman–Crippen LogP) is 11.2. The molecule has 2 heterocycles. The average molecular weight is 678 g/mol. The van der Waals surface area contributed by atoms with E-state index in [2.05, 4.69) is 124 Å². The molecule has 0 aliphatic carbocycles. The molecule has 0 atom stereocenters. The van der Waals surface area contributed by atoms with E-state index in [0.29, 0.717) is 17.2 Å². The molecule has 0 bridgehead atoms. The predicted molar refractivity (Wildman–Crippen MR) is 201 cm³/mol. The summed E-state index contributed by atoms with van der Waals surface area (Å²) in [5, 5.41) is 2.90. The van der Waals surface area contributed by atoms with Gasteiger partial charge in [-0.25, -0.2) is 0 Å². The maximum absolute atomic E-state index is 12.8. The highest BCUT2D eigenvalue weighted by Gasteiger charge is 2.27. The molecule has 0 radical (unpaired) electrons. The standard InChI is InChI=1S/C41H31N3O3S2/c1-46-35-23-17-28(26-36(35)47-2)42-41(45)24-16-27-15-22-34-40(25-27)49-39-14-8-5-11-33(39)44(34)30-20-18-29(19-21-30)43-31-9-3-6-12-37(31)48-38-13-7-4-10-32(38)43/h3-26H,1-2H3,(H,42,45)/b24-16+. The number of amides is 1. The summed E-state index contributed by atoms with van der Waals surface area (Å²) in [7, 11) is 3.15. The van der Waals surface area contributed by atoms with Crippen molar-refractivity contribution < 1.29 is 14.3 Å². The van der Waals surface area contributed by atoms with Gasteiger partial charge in [0, 0.05) is 48.8 Å². The zero-order valence-electron chi connectivity index (χ0n) is 26.8. The van der Waals surface area contributed by atoms with E-state index in [1.807, 2.05) is 23.9 Å². The van der Waals surface area contributed by atoms with Crippen molar-refractivity contribution in [2.24, 2.45) is 0 Å². The Balaban J connectivity index is 1.08. The van der Waals surface area contributed by atoms with Gasteiger partial charge in [-0.1, -0.05) is 66.0 Å². The number of rotatable bonds is 7. The second-order valence-corrected chi connectivity index (χ2v) is 13.6. The second-order valence-electron chi connectivity index (χ2n) is 11.4. The Morgan fingerprint density at radius 2 is 1.08 bits per heavy atom. The highest BCUT2D eigenvalue weighted by molar-refractivity contribution is 8.00. The van der Waals surface area contributed by atoms with Gasteiger partial charge in [0.05, 0.1) is 37.0 Å². The topological polar surface area (TPSA) is 54.0 Å². The first-order chi connectivity index (χ1) is 24.1. The third-order valence-electron chi connectivity index (χ3n) is 8.43. The Kier molecular flexibility index (Phi) is 8.25. The van der Waals surface area contributed by atoms with Crippen molar-refractivity contribution in [3.63, 3.8) is 0 Å². The van der Waals surface area contributed by atoms with Crippen LogP contribution < -0.4 is 24.6 Å². The smallest absolute Gasteiger partial charge is 0.248 e.